The fourth-order valence-electron chi connectivity index (χ4n) is 3.33. The number of ketones is 1. The van der Waals surface area contributed by atoms with Crippen molar-refractivity contribution in [2.45, 2.75) is 33.6 Å². The van der Waals surface area contributed by atoms with E-state index in [1.807, 2.05) is 17.6 Å². The van der Waals surface area contributed by atoms with E-state index in [1.54, 1.807) is 18.2 Å². The highest BCUT2D eigenvalue weighted by Gasteiger charge is 2.34. The first-order chi connectivity index (χ1) is 10.7. The Hall–Kier alpha value is -2.07. The summed E-state index contributed by atoms with van der Waals surface area (Å²) in [6.45, 7) is 6.15. The molecule has 0 fully saturated rings. The van der Waals surface area contributed by atoms with Gasteiger partial charge in [0.2, 0.25) is 5.91 Å². The van der Waals surface area contributed by atoms with Gasteiger partial charge in [0, 0.05) is 28.9 Å². The summed E-state index contributed by atoms with van der Waals surface area (Å²) in [6.07, 6.45) is 1.35. The molecule has 0 unspecified atom stereocenters. The summed E-state index contributed by atoms with van der Waals surface area (Å²) in [6, 6.07) is 6.93. The van der Waals surface area contributed by atoms with E-state index >= 15 is 0 Å². The molecular formula is C18H19ClN2O2. The van der Waals surface area contributed by atoms with Gasteiger partial charge in [0.05, 0.1) is 10.7 Å². The lowest BCUT2D eigenvalue weighted by Crippen LogP contribution is -2.27. The zero-order valence-corrected chi connectivity index (χ0v) is 14.2. The summed E-state index contributed by atoms with van der Waals surface area (Å²) in [5, 5.41) is 0.443. The summed E-state index contributed by atoms with van der Waals surface area (Å²) < 4.78 is 2.02. The molecule has 2 N–H and O–H groups in total. The van der Waals surface area contributed by atoms with Gasteiger partial charge >= 0.3 is 0 Å². The van der Waals surface area contributed by atoms with E-state index in [9.17, 15) is 9.59 Å². The SMILES string of the molecule is Cc1cc2c(n1-c1ccc(C(N)=O)cc1Cl)CC(C)(C)CC2=O. The number of amides is 1. The molecule has 1 aromatic carbocycles. The third-order valence-electron chi connectivity index (χ3n) is 4.35. The summed E-state index contributed by atoms with van der Waals surface area (Å²) in [7, 11) is 0. The molecule has 5 heteroatoms. The molecule has 4 nitrogen and oxygen atoms in total. The molecule has 1 heterocycles. The smallest absolute Gasteiger partial charge is 0.248 e. The van der Waals surface area contributed by atoms with Crippen molar-refractivity contribution in [1.82, 2.24) is 4.57 Å². The van der Waals surface area contributed by atoms with Crippen LogP contribution in [0.1, 0.15) is 52.4 Å². The van der Waals surface area contributed by atoms with Crippen molar-refractivity contribution in [2.24, 2.45) is 11.1 Å². The number of hydrogen-bond acceptors (Lipinski definition) is 2. The van der Waals surface area contributed by atoms with Crippen molar-refractivity contribution in [3.05, 3.63) is 51.8 Å². The second-order valence-corrected chi connectivity index (χ2v) is 7.36. The van der Waals surface area contributed by atoms with E-state index in [1.165, 1.54) is 0 Å². The molecule has 120 valence electrons. The minimum absolute atomic E-state index is 0.0771. The minimum atomic E-state index is -0.513. The molecule has 1 aromatic heterocycles. The molecule has 0 bridgehead atoms. The lowest BCUT2D eigenvalue weighted by Gasteiger charge is -2.30. The van der Waals surface area contributed by atoms with Gasteiger partial charge in [0.1, 0.15) is 0 Å². The average molecular weight is 331 g/mol. The lowest BCUT2D eigenvalue weighted by atomic mass is 9.76. The van der Waals surface area contributed by atoms with Gasteiger partial charge in [-0.1, -0.05) is 25.4 Å². The van der Waals surface area contributed by atoms with E-state index in [0.29, 0.717) is 17.0 Å². The molecule has 0 saturated heterocycles. The molecule has 0 saturated carbocycles. The second kappa shape index (κ2) is 5.24. The van der Waals surface area contributed by atoms with E-state index in [-0.39, 0.29) is 11.2 Å². The maximum atomic E-state index is 12.4. The van der Waals surface area contributed by atoms with Crippen LogP contribution >= 0.6 is 11.6 Å². The molecule has 3 rings (SSSR count). The van der Waals surface area contributed by atoms with Crippen LogP contribution in [0.2, 0.25) is 5.02 Å². The van der Waals surface area contributed by atoms with Crippen LogP contribution in [0.5, 0.6) is 0 Å². The zero-order valence-electron chi connectivity index (χ0n) is 13.4. The zero-order chi connectivity index (χ0) is 16.9. The molecule has 23 heavy (non-hydrogen) atoms. The van der Waals surface area contributed by atoms with Crippen LogP contribution in [0.25, 0.3) is 5.69 Å². The Kier molecular flexibility index (Phi) is 3.60. The van der Waals surface area contributed by atoms with Gasteiger partial charge in [-0.3, -0.25) is 9.59 Å². The van der Waals surface area contributed by atoms with Crippen molar-refractivity contribution in [3.63, 3.8) is 0 Å². The van der Waals surface area contributed by atoms with Gasteiger partial charge in [0.25, 0.3) is 0 Å². The van der Waals surface area contributed by atoms with Crippen LogP contribution in [0, 0.1) is 12.3 Å². The molecule has 0 aliphatic heterocycles. The van der Waals surface area contributed by atoms with Crippen molar-refractivity contribution in [1.29, 1.82) is 0 Å². The van der Waals surface area contributed by atoms with Crippen molar-refractivity contribution >= 4 is 23.3 Å². The number of carbonyl (C=O) groups is 2. The summed E-state index contributed by atoms with van der Waals surface area (Å²) in [5.74, 6) is -0.344. The highest BCUT2D eigenvalue weighted by atomic mass is 35.5. The van der Waals surface area contributed by atoms with Crippen molar-refractivity contribution in [3.8, 4) is 5.69 Å². The number of fused-ring (bicyclic) bond motifs is 1. The third-order valence-corrected chi connectivity index (χ3v) is 4.65. The topological polar surface area (TPSA) is 65.1 Å². The molecule has 1 aliphatic rings. The standard InChI is InChI=1S/C18H19ClN2O2/c1-10-6-12-15(8-18(2,3)9-16(12)22)21(10)14-5-4-11(17(20)23)7-13(14)19/h4-7H,8-9H2,1-3H3,(H2,20,23). The quantitative estimate of drug-likeness (QED) is 0.912. The molecule has 0 radical (unpaired) electrons. The molecule has 2 aromatic rings. The first-order valence-corrected chi connectivity index (χ1v) is 7.91. The van der Waals surface area contributed by atoms with Gasteiger partial charge in [-0.25, -0.2) is 0 Å². The average Bonchev–Trinajstić information content (AvgIpc) is 2.74. The number of benzene rings is 1. The third kappa shape index (κ3) is 2.68. The van der Waals surface area contributed by atoms with E-state index in [4.69, 9.17) is 17.3 Å². The Bertz CT molecular complexity index is 834. The van der Waals surface area contributed by atoms with Crippen LogP contribution in [0.4, 0.5) is 0 Å². The first kappa shape index (κ1) is 15.8. The molecule has 0 spiro atoms. The fourth-order valence-corrected chi connectivity index (χ4v) is 3.59. The fraction of sp³-hybridized carbons (Fsp3) is 0.333. The predicted octanol–water partition coefficient (Wildman–Crippen LogP) is 3.69. The van der Waals surface area contributed by atoms with Gasteiger partial charge < -0.3 is 10.3 Å². The van der Waals surface area contributed by atoms with Crippen LogP contribution in [-0.2, 0) is 6.42 Å². The number of halogens is 1. The number of aromatic nitrogens is 1. The maximum Gasteiger partial charge on any atom is 0.248 e. The largest absolute Gasteiger partial charge is 0.366 e. The highest BCUT2D eigenvalue weighted by Crippen LogP contribution is 2.38. The predicted molar refractivity (Wildman–Crippen MR) is 90.5 cm³/mol. The first-order valence-electron chi connectivity index (χ1n) is 7.54. The van der Waals surface area contributed by atoms with E-state index in [0.717, 1.165) is 29.1 Å². The Morgan fingerprint density at radius 3 is 2.57 bits per heavy atom. The summed E-state index contributed by atoms with van der Waals surface area (Å²) in [4.78, 5) is 23.7. The Balaban J connectivity index is 2.19. The number of primary amides is 1. The monoisotopic (exact) mass is 330 g/mol. The van der Waals surface area contributed by atoms with Gasteiger partial charge in [-0.2, -0.15) is 0 Å². The number of aryl methyl sites for hydroxylation is 1. The number of hydrogen-bond donors (Lipinski definition) is 1. The Morgan fingerprint density at radius 1 is 1.26 bits per heavy atom. The van der Waals surface area contributed by atoms with Gasteiger partial charge in [-0.15, -0.1) is 0 Å². The number of rotatable bonds is 2. The highest BCUT2D eigenvalue weighted by molar-refractivity contribution is 6.32. The van der Waals surface area contributed by atoms with Gasteiger partial charge in [0.15, 0.2) is 5.78 Å². The number of nitrogens with zero attached hydrogens (tertiary/aromatic N) is 1. The minimum Gasteiger partial charge on any atom is -0.366 e. The number of carbonyl (C=O) groups excluding carboxylic acids is 2. The Morgan fingerprint density at radius 2 is 1.96 bits per heavy atom. The van der Waals surface area contributed by atoms with Crippen LogP contribution in [0.15, 0.2) is 24.3 Å². The van der Waals surface area contributed by atoms with Crippen molar-refractivity contribution in [2.75, 3.05) is 0 Å². The molecular weight excluding hydrogens is 312 g/mol. The molecule has 1 amide bonds. The Labute approximate surface area is 140 Å². The molecule has 1 aliphatic carbocycles. The normalized spacial score (nSPS) is 16.3. The van der Waals surface area contributed by atoms with Crippen LogP contribution < -0.4 is 5.73 Å². The number of Topliss-reactive ketones (excluding diaryl/α,β-unsaturated/α-hetero) is 1. The van der Waals surface area contributed by atoms with E-state index in [2.05, 4.69) is 13.8 Å². The lowest BCUT2D eigenvalue weighted by molar-refractivity contribution is 0.0910. The van der Waals surface area contributed by atoms with E-state index < -0.39 is 5.91 Å². The van der Waals surface area contributed by atoms with Crippen LogP contribution in [-0.4, -0.2) is 16.3 Å². The number of nitrogens with two attached hydrogens (primary N) is 1. The second-order valence-electron chi connectivity index (χ2n) is 6.95. The summed E-state index contributed by atoms with van der Waals surface area (Å²) >= 11 is 6.37. The van der Waals surface area contributed by atoms with Crippen LogP contribution in [0.3, 0.4) is 0 Å². The van der Waals surface area contributed by atoms with Gasteiger partial charge in [-0.05, 0) is 43.0 Å². The van der Waals surface area contributed by atoms with Crippen molar-refractivity contribution < 1.29 is 9.59 Å². The molecule has 0 atom stereocenters. The summed E-state index contributed by atoms with van der Waals surface area (Å²) in [5.41, 5.74) is 9.07. The maximum absolute atomic E-state index is 12.4.